The summed E-state index contributed by atoms with van der Waals surface area (Å²) in [7, 11) is 0. The van der Waals surface area contributed by atoms with Crippen molar-refractivity contribution in [3.8, 4) is 0 Å². The average molecular weight is 411 g/mol. The number of nitrogens with two attached hydrogens (primary N) is 1. The van der Waals surface area contributed by atoms with Crippen LogP contribution >= 0.6 is 0 Å². The van der Waals surface area contributed by atoms with Crippen molar-refractivity contribution >= 4 is 11.8 Å². The van der Waals surface area contributed by atoms with Crippen molar-refractivity contribution in [2.75, 3.05) is 13.1 Å². The predicted octanol–water partition coefficient (Wildman–Crippen LogP) is 6.75. The van der Waals surface area contributed by atoms with Crippen LogP contribution < -0.4 is 5.73 Å². The first-order valence-corrected chi connectivity index (χ1v) is 12.7. The highest BCUT2D eigenvalue weighted by molar-refractivity contribution is 5.77. The summed E-state index contributed by atoms with van der Waals surface area (Å²) in [6, 6.07) is 0. The Bertz CT molecular complexity index is 385. The molecule has 0 aromatic rings. The third-order valence-corrected chi connectivity index (χ3v) is 5.69. The van der Waals surface area contributed by atoms with Crippen LogP contribution in [-0.2, 0) is 9.59 Å². The van der Waals surface area contributed by atoms with Gasteiger partial charge < -0.3 is 10.6 Å². The molecule has 2 amide bonds. The standard InChI is InChI=1S/C18H37NO.C7H13NO/c1-2-3-4-5-6-7-8-9-10-11-12-13-14-15-16-17-18(19)20;1-2-5-8-6-3-4-7(8)9/h2-17H2,1H3,(H2,19,20);2-6H2,1H3. The van der Waals surface area contributed by atoms with Gasteiger partial charge in [-0.1, -0.05) is 104 Å². The lowest BCUT2D eigenvalue weighted by atomic mass is 10.0. The molecule has 0 unspecified atom stereocenters. The van der Waals surface area contributed by atoms with E-state index in [0.717, 1.165) is 38.8 Å². The quantitative estimate of drug-likeness (QED) is 0.254. The summed E-state index contributed by atoms with van der Waals surface area (Å²) in [5, 5.41) is 0. The van der Waals surface area contributed by atoms with E-state index < -0.39 is 0 Å². The number of rotatable bonds is 18. The fourth-order valence-corrected chi connectivity index (χ4v) is 3.88. The molecule has 2 N–H and O–H groups in total. The van der Waals surface area contributed by atoms with Gasteiger partial charge in [-0.25, -0.2) is 0 Å². The Morgan fingerprint density at radius 1 is 0.759 bits per heavy atom. The second-order valence-corrected chi connectivity index (χ2v) is 8.65. The first-order valence-electron chi connectivity index (χ1n) is 12.7. The highest BCUT2D eigenvalue weighted by Gasteiger charge is 2.17. The molecule has 0 spiro atoms. The van der Waals surface area contributed by atoms with Gasteiger partial charge in [-0.3, -0.25) is 9.59 Å². The minimum atomic E-state index is -0.153. The molecule has 0 aliphatic carbocycles. The van der Waals surface area contributed by atoms with Crippen LogP contribution in [0.5, 0.6) is 0 Å². The number of carbonyl (C=O) groups is 2. The van der Waals surface area contributed by atoms with Crippen LogP contribution in [0.3, 0.4) is 0 Å². The van der Waals surface area contributed by atoms with Crippen molar-refractivity contribution in [1.82, 2.24) is 4.90 Å². The highest BCUT2D eigenvalue weighted by atomic mass is 16.2. The fraction of sp³-hybridized carbons (Fsp3) is 0.920. The first kappa shape index (κ1) is 27.9. The molecule has 4 heteroatoms. The van der Waals surface area contributed by atoms with Crippen LogP contribution in [-0.4, -0.2) is 29.8 Å². The summed E-state index contributed by atoms with van der Waals surface area (Å²) in [6.45, 7) is 6.33. The maximum Gasteiger partial charge on any atom is 0.222 e. The molecule has 4 nitrogen and oxygen atoms in total. The van der Waals surface area contributed by atoms with Crippen molar-refractivity contribution < 1.29 is 9.59 Å². The molecule has 29 heavy (non-hydrogen) atoms. The number of likely N-dealkylation sites (tertiary alicyclic amines) is 1. The van der Waals surface area contributed by atoms with Gasteiger partial charge in [0.2, 0.25) is 11.8 Å². The molecule has 1 rings (SSSR count). The summed E-state index contributed by atoms with van der Waals surface area (Å²) in [5.41, 5.74) is 5.11. The summed E-state index contributed by atoms with van der Waals surface area (Å²) in [6.07, 6.45) is 23.8. The number of carbonyl (C=O) groups excluding carboxylic acids is 2. The van der Waals surface area contributed by atoms with Crippen LogP contribution in [0.15, 0.2) is 0 Å². The molecule has 0 aromatic carbocycles. The second-order valence-electron chi connectivity index (χ2n) is 8.65. The summed E-state index contributed by atoms with van der Waals surface area (Å²) >= 11 is 0. The Labute approximate surface area is 181 Å². The molecule has 0 bridgehead atoms. The summed E-state index contributed by atoms with van der Waals surface area (Å²) in [5.74, 6) is 0.191. The van der Waals surface area contributed by atoms with E-state index in [9.17, 15) is 9.59 Å². The molecule has 1 aliphatic rings. The molecule has 0 radical (unpaired) electrons. The molecule has 1 aliphatic heterocycles. The van der Waals surface area contributed by atoms with Crippen LogP contribution in [0.2, 0.25) is 0 Å². The van der Waals surface area contributed by atoms with E-state index in [1.54, 1.807) is 0 Å². The van der Waals surface area contributed by atoms with Crippen LogP contribution in [0, 0.1) is 0 Å². The van der Waals surface area contributed by atoms with Gasteiger partial charge in [0.25, 0.3) is 0 Å². The van der Waals surface area contributed by atoms with Crippen molar-refractivity contribution in [3.05, 3.63) is 0 Å². The zero-order valence-electron chi connectivity index (χ0n) is 19.7. The summed E-state index contributed by atoms with van der Waals surface area (Å²) < 4.78 is 0. The maximum atomic E-state index is 10.9. The number of nitrogens with zero attached hydrogens (tertiary/aromatic N) is 1. The molecule has 1 heterocycles. The Kier molecular flexibility index (Phi) is 20.9. The zero-order chi connectivity index (χ0) is 21.6. The number of primary amides is 1. The lowest BCUT2D eigenvalue weighted by Crippen LogP contribution is -2.24. The van der Waals surface area contributed by atoms with Gasteiger partial charge in [0, 0.05) is 25.9 Å². The van der Waals surface area contributed by atoms with E-state index in [2.05, 4.69) is 13.8 Å². The fourth-order valence-electron chi connectivity index (χ4n) is 3.88. The van der Waals surface area contributed by atoms with Crippen LogP contribution in [0.4, 0.5) is 0 Å². The van der Waals surface area contributed by atoms with Crippen molar-refractivity contribution in [3.63, 3.8) is 0 Å². The monoisotopic (exact) mass is 410 g/mol. The number of amides is 2. The van der Waals surface area contributed by atoms with E-state index in [1.165, 1.54) is 89.9 Å². The van der Waals surface area contributed by atoms with Gasteiger partial charge in [-0.05, 0) is 19.3 Å². The third kappa shape index (κ3) is 20.0. The van der Waals surface area contributed by atoms with Crippen molar-refractivity contribution in [1.29, 1.82) is 0 Å². The molecule has 1 saturated heterocycles. The van der Waals surface area contributed by atoms with E-state index in [4.69, 9.17) is 5.73 Å². The Morgan fingerprint density at radius 2 is 1.21 bits per heavy atom. The number of unbranched alkanes of at least 4 members (excludes halogenated alkanes) is 14. The Hall–Kier alpha value is -1.06. The molecular formula is C25H50N2O2. The molecule has 0 atom stereocenters. The van der Waals surface area contributed by atoms with E-state index in [0.29, 0.717) is 12.3 Å². The van der Waals surface area contributed by atoms with Crippen LogP contribution in [0.25, 0.3) is 0 Å². The van der Waals surface area contributed by atoms with Gasteiger partial charge in [0.1, 0.15) is 0 Å². The number of hydrogen-bond acceptors (Lipinski definition) is 2. The van der Waals surface area contributed by atoms with E-state index in [1.807, 2.05) is 4.90 Å². The normalized spacial score (nSPS) is 13.4. The zero-order valence-corrected chi connectivity index (χ0v) is 19.7. The second kappa shape index (κ2) is 21.6. The molecule has 1 fully saturated rings. The first-order chi connectivity index (χ1) is 14.1. The predicted molar refractivity (Wildman–Crippen MR) is 125 cm³/mol. The average Bonchev–Trinajstić information content (AvgIpc) is 3.10. The smallest absolute Gasteiger partial charge is 0.222 e. The largest absolute Gasteiger partial charge is 0.370 e. The van der Waals surface area contributed by atoms with Crippen LogP contribution in [0.1, 0.15) is 136 Å². The Balaban J connectivity index is 0.000000717. The minimum Gasteiger partial charge on any atom is -0.370 e. The lowest BCUT2D eigenvalue weighted by Gasteiger charge is -2.12. The van der Waals surface area contributed by atoms with Gasteiger partial charge in [-0.15, -0.1) is 0 Å². The summed E-state index contributed by atoms with van der Waals surface area (Å²) in [4.78, 5) is 23.4. The van der Waals surface area contributed by atoms with E-state index in [-0.39, 0.29) is 5.91 Å². The van der Waals surface area contributed by atoms with Gasteiger partial charge in [0.05, 0.1) is 0 Å². The van der Waals surface area contributed by atoms with Crippen molar-refractivity contribution in [2.24, 2.45) is 5.73 Å². The van der Waals surface area contributed by atoms with Crippen molar-refractivity contribution in [2.45, 2.75) is 136 Å². The SMILES string of the molecule is CCCCCCCCCCCCCCCCCC(N)=O.CCCN1CCCC1=O. The number of hydrogen-bond donors (Lipinski definition) is 1. The molecule has 0 aromatic heterocycles. The topological polar surface area (TPSA) is 63.4 Å². The van der Waals surface area contributed by atoms with Gasteiger partial charge in [-0.2, -0.15) is 0 Å². The van der Waals surface area contributed by atoms with E-state index >= 15 is 0 Å². The maximum absolute atomic E-state index is 10.9. The molecule has 0 saturated carbocycles. The molecular weight excluding hydrogens is 360 g/mol. The minimum absolute atomic E-state index is 0.153. The Morgan fingerprint density at radius 3 is 1.55 bits per heavy atom. The lowest BCUT2D eigenvalue weighted by molar-refractivity contribution is -0.127. The third-order valence-electron chi connectivity index (χ3n) is 5.69. The van der Waals surface area contributed by atoms with Gasteiger partial charge >= 0.3 is 0 Å². The van der Waals surface area contributed by atoms with Gasteiger partial charge in [0.15, 0.2) is 0 Å². The molecule has 172 valence electrons. The highest BCUT2D eigenvalue weighted by Crippen LogP contribution is 2.13.